The molecular formula is C12H18N2O3S. The Kier molecular flexibility index (Phi) is 4.72. The van der Waals surface area contributed by atoms with Crippen LogP contribution in [-0.2, 0) is 14.6 Å². The fourth-order valence-electron chi connectivity index (χ4n) is 1.55. The van der Waals surface area contributed by atoms with E-state index in [1.807, 2.05) is 0 Å². The van der Waals surface area contributed by atoms with Crippen LogP contribution in [0.2, 0.25) is 0 Å². The van der Waals surface area contributed by atoms with Crippen molar-refractivity contribution in [3.8, 4) is 0 Å². The quantitative estimate of drug-likeness (QED) is 0.777. The molecule has 0 bridgehead atoms. The van der Waals surface area contributed by atoms with Gasteiger partial charge in [-0.25, -0.2) is 8.42 Å². The Morgan fingerprint density at radius 2 is 2.06 bits per heavy atom. The van der Waals surface area contributed by atoms with E-state index in [4.69, 9.17) is 5.73 Å². The zero-order chi connectivity index (χ0) is 13.8. The average Bonchev–Trinajstić information content (AvgIpc) is 2.30. The zero-order valence-electron chi connectivity index (χ0n) is 10.6. The molecule has 1 rings (SSSR count). The maximum atomic E-state index is 12.1. The van der Waals surface area contributed by atoms with Crippen LogP contribution in [0.3, 0.4) is 0 Å². The fraction of sp³-hybridized carbons (Fsp3) is 0.417. The molecule has 3 N–H and O–H groups in total. The minimum absolute atomic E-state index is 0.0520. The Hall–Kier alpha value is -1.56. The highest BCUT2D eigenvalue weighted by atomic mass is 32.2. The van der Waals surface area contributed by atoms with Crippen LogP contribution in [0.4, 0.5) is 5.69 Å². The first kappa shape index (κ1) is 14.5. The van der Waals surface area contributed by atoms with Gasteiger partial charge < -0.3 is 11.1 Å². The number of rotatable bonds is 5. The molecule has 0 fully saturated rings. The van der Waals surface area contributed by atoms with Gasteiger partial charge in [-0.3, -0.25) is 4.79 Å². The number of nitrogen functional groups attached to an aromatic ring is 1. The molecule has 0 atom stereocenters. The normalized spacial score (nSPS) is 11.2. The lowest BCUT2D eigenvalue weighted by molar-refractivity contribution is -0.120. The van der Waals surface area contributed by atoms with Crippen molar-refractivity contribution < 1.29 is 13.2 Å². The summed E-state index contributed by atoms with van der Waals surface area (Å²) in [6.45, 7) is 4.02. The second-order valence-electron chi connectivity index (χ2n) is 4.01. The molecule has 100 valence electrons. The Morgan fingerprint density at radius 1 is 1.39 bits per heavy atom. The first-order chi connectivity index (χ1) is 8.38. The Balaban J connectivity index is 2.87. The van der Waals surface area contributed by atoms with Crippen LogP contribution in [0.5, 0.6) is 0 Å². The third kappa shape index (κ3) is 3.46. The lowest BCUT2D eigenvalue weighted by Gasteiger charge is -2.09. The summed E-state index contributed by atoms with van der Waals surface area (Å²) >= 11 is 0. The van der Waals surface area contributed by atoms with Crippen LogP contribution in [0.1, 0.15) is 18.9 Å². The van der Waals surface area contributed by atoms with Crippen molar-refractivity contribution in [2.24, 2.45) is 0 Å². The number of aryl methyl sites for hydroxylation is 1. The van der Waals surface area contributed by atoms with Gasteiger partial charge in [-0.2, -0.15) is 0 Å². The number of hydrogen-bond acceptors (Lipinski definition) is 4. The van der Waals surface area contributed by atoms with Crippen LogP contribution >= 0.6 is 0 Å². The van der Waals surface area contributed by atoms with Crippen LogP contribution < -0.4 is 11.1 Å². The van der Waals surface area contributed by atoms with Gasteiger partial charge in [0.1, 0.15) is 0 Å². The Morgan fingerprint density at radius 3 is 2.67 bits per heavy atom. The Labute approximate surface area is 107 Å². The van der Waals surface area contributed by atoms with Gasteiger partial charge in [-0.15, -0.1) is 0 Å². The second-order valence-corrected chi connectivity index (χ2v) is 6.09. The summed E-state index contributed by atoms with van der Waals surface area (Å²) in [5.41, 5.74) is 6.73. The smallest absolute Gasteiger partial charge is 0.221 e. The van der Waals surface area contributed by atoms with Crippen molar-refractivity contribution in [3.05, 3.63) is 23.8 Å². The standard InChI is InChI=1S/C12H18N2O3S/c1-3-14-11(15)7-8-18(16,17)10-6-4-5-9(2)12(10)13/h4-6H,3,7-8,13H2,1-2H3,(H,14,15). The number of nitrogens with two attached hydrogens (primary N) is 1. The number of benzene rings is 1. The number of amides is 1. The van der Waals surface area contributed by atoms with E-state index in [1.165, 1.54) is 6.07 Å². The summed E-state index contributed by atoms with van der Waals surface area (Å²) in [5.74, 6) is -0.501. The van der Waals surface area contributed by atoms with E-state index in [0.29, 0.717) is 12.1 Å². The summed E-state index contributed by atoms with van der Waals surface area (Å²) in [5, 5.41) is 2.56. The first-order valence-corrected chi connectivity index (χ1v) is 7.38. The van der Waals surface area contributed by atoms with E-state index in [1.54, 1.807) is 26.0 Å². The summed E-state index contributed by atoms with van der Waals surface area (Å²) in [7, 11) is -3.51. The van der Waals surface area contributed by atoms with Crippen LogP contribution in [0, 0.1) is 6.92 Å². The van der Waals surface area contributed by atoms with Gasteiger partial charge >= 0.3 is 0 Å². The number of para-hydroxylation sites is 1. The van der Waals surface area contributed by atoms with E-state index in [0.717, 1.165) is 0 Å². The molecule has 0 aliphatic heterocycles. The van der Waals surface area contributed by atoms with Gasteiger partial charge in [0.2, 0.25) is 5.91 Å². The highest BCUT2D eigenvalue weighted by Crippen LogP contribution is 2.23. The van der Waals surface area contributed by atoms with Crippen molar-refractivity contribution in [1.29, 1.82) is 0 Å². The number of hydrogen-bond donors (Lipinski definition) is 2. The predicted molar refractivity (Wildman–Crippen MR) is 70.9 cm³/mol. The lowest BCUT2D eigenvalue weighted by Crippen LogP contribution is -2.25. The zero-order valence-corrected chi connectivity index (χ0v) is 11.4. The first-order valence-electron chi connectivity index (χ1n) is 5.73. The summed E-state index contributed by atoms with van der Waals surface area (Å²) in [4.78, 5) is 11.4. The maximum Gasteiger partial charge on any atom is 0.221 e. The molecular weight excluding hydrogens is 252 g/mol. The number of carbonyl (C=O) groups excluding carboxylic acids is 1. The predicted octanol–water partition coefficient (Wildman–Crippen LogP) is 0.877. The number of nitrogens with one attached hydrogen (secondary N) is 1. The number of sulfone groups is 1. The van der Waals surface area contributed by atoms with E-state index in [2.05, 4.69) is 5.32 Å². The molecule has 0 unspecified atom stereocenters. The van der Waals surface area contributed by atoms with Gasteiger partial charge in [-0.1, -0.05) is 12.1 Å². The highest BCUT2D eigenvalue weighted by Gasteiger charge is 2.19. The topological polar surface area (TPSA) is 89.3 Å². The summed E-state index contributed by atoms with van der Waals surface area (Å²) in [6.07, 6.45) is -0.0520. The van der Waals surface area contributed by atoms with Gasteiger partial charge in [0, 0.05) is 13.0 Å². The van der Waals surface area contributed by atoms with Crippen LogP contribution in [-0.4, -0.2) is 26.6 Å². The van der Waals surface area contributed by atoms with Gasteiger partial charge in [0.25, 0.3) is 0 Å². The molecule has 0 aromatic heterocycles. The van der Waals surface area contributed by atoms with Crippen molar-refractivity contribution >= 4 is 21.4 Å². The van der Waals surface area contributed by atoms with Crippen molar-refractivity contribution in [1.82, 2.24) is 5.32 Å². The molecule has 0 radical (unpaired) electrons. The molecule has 0 saturated heterocycles. The largest absolute Gasteiger partial charge is 0.397 e. The fourth-order valence-corrected chi connectivity index (χ4v) is 3.00. The molecule has 0 heterocycles. The molecule has 0 aliphatic rings. The summed E-state index contributed by atoms with van der Waals surface area (Å²) < 4.78 is 24.1. The summed E-state index contributed by atoms with van der Waals surface area (Å²) in [6, 6.07) is 4.86. The molecule has 1 aromatic rings. The molecule has 1 aromatic carbocycles. The average molecular weight is 270 g/mol. The van der Waals surface area contributed by atoms with Crippen molar-refractivity contribution in [2.75, 3.05) is 18.0 Å². The molecule has 5 nitrogen and oxygen atoms in total. The second kappa shape index (κ2) is 5.86. The molecule has 0 saturated carbocycles. The minimum Gasteiger partial charge on any atom is -0.397 e. The van der Waals surface area contributed by atoms with Crippen LogP contribution in [0.15, 0.2) is 23.1 Å². The van der Waals surface area contributed by atoms with Gasteiger partial charge in [0.05, 0.1) is 16.3 Å². The highest BCUT2D eigenvalue weighted by molar-refractivity contribution is 7.91. The maximum absolute atomic E-state index is 12.1. The molecule has 0 spiro atoms. The van der Waals surface area contributed by atoms with Gasteiger partial charge in [0.15, 0.2) is 9.84 Å². The number of carbonyl (C=O) groups is 1. The third-order valence-electron chi connectivity index (χ3n) is 2.59. The van der Waals surface area contributed by atoms with Gasteiger partial charge in [-0.05, 0) is 25.5 Å². The molecule has 18 heavy (non-hydrogen) atoms. The van der Waals surface area contributed by atoms with Crippen molar-refractivity contribution in [3.63, 3.8) is 0 Å². The monoisotopic (exact) mass is 270 g/mol. The van der Waals surface area contributed by atoms with E-state index in [-0.39, 0.29) is 28.7 Å². The minimum atomic E-state index is -3.51. The van der Waals surface area contributed by atoms with E-state index in [9.17, 15) is 13.2 Å². The van der Waals surface area contributed by atoms with Crippen LogP contribution in [0.25, 0.3) is 0 Å². The van der Waals surface area contributed by atoms with Crippen molar-refractivity contribution in [2.45, 2.75) is 25.2 Å². The van der Waals surface area contributed by atoms with E-state index >= 15 is 0 Å². The molecule has 0 aliphatic carbocycles. The lowest BCUT2D eigenvalue weighted by atomic mass is 10.2. The third-order valence-corrected chi connectivity index (χ3v) is 4.36. The van der Waals surface area contributed by atoms with E-state index < -0.39 is 9.84 Å². The Bertz CT molecular complexity index is 538. The molecule has 1 amide bonds. The molecule has 6 heteroatoms. The SMILES string of the molecule is CCNC(=O)CCS(=O)(=O)c1cccc(C)c1N. The number of anilines is 1.